The fourth-order valence-electron chi connectivity index (χ4n) is 4.66. The summed E-state index contributed by atoms with van der Waals surface area (Å²) in [7, 11) is 0. The van der Waals surface area contributed by atoms with E-state index in [4.69, 9.17) is 23.1 Å². The van der Waals surface area contributed by atoms with Gasteiger partial charge in [0.15, 0.2) is 0 Å². The van der Waals surface area contributed by atoms with Gasteiger partial charge in [0.1, 0.15) is 28.5 Å². The quantitative estimate of drug-likeness (QED) is 0.368. The number of carbonyl (C=O) groups is 1. The van der Waals surface area contributed by atoms with Crippen molar-refractivity contribution < 1.29 is 13.6 Å². The number of halogens is 3. The highest BCUT2D eigenvalue weighted by molar-refractivity contribution is 7.23. The van der Waals surface area contributed by atoms with Crippen LogP contribution in [0, 0.1) is 23.0 Å². The van der Waals surface area contributed by atoms with E-state index in [2.05, 4.69) is 4.98 Å². The normalized spacial score (nSPS) is 14.1. The number of hydrogen-bond donors (Lipinski definition) is 2. The fourth-order valence-corrected chi connectivity index (χ4v) is 6.00. The monoisotopic (exact) mass is 509 g/mol. The van der Waals surface area contributed by atoms with Crippen molar-refractivity contribution in [2.24, 2.45) is 0 Å². The van der Waals surface area contributed by atoms with Gasteiger partial charge >= 0.3 is 0 Å². The van der Waals surface area contributed by atoms with Gasteiger partial charge in [-0.2, -0.15) is 5.26 Å². The van der Waals surface area contributed by atoms with Gasteiger partial charge in [0.25, 0.3) is 5.91 Å². The summed E-state index contributed by atoms with van der Waals surface area (Å²) in [6, 6.07) is 8.86. The summed E-state index contributed by atoms with van der Waals surface area (Å²) in [5, 5.41) is 10.00. The van der Waals surface area contributed by atoms with Crippen LogP contribution in [-0.2, 0) is 6.42 Å². The van der Waals surface area contributed by atoms with E-state index in [0.717, 1.165) is 17.4 Å². The Hall–Kier alpha value is -3.74. The summed E-state index contributed by atoms with van der Waals surface area (Å²) in [6.45, 7) is 2.17. The van der Waals surface area contributed by atoms with Gasteiger partial charge in [0, 0.05) is 34.8 Å². The maximum atomic E-state index is 15.6. The molecule has 0 radical (unpaired) electrons. The second-order valence-electron chi connectivity index (χ2n) is 8.23. The number of pyridine rings is 1. The molecule has 1 amide bonds. The zero-order valence-corrected chi connectivity index (χ0v) is 20.0. The maximum Gasteiger partial charge on any atom is 0.254 e. The van der Waals surface area contributed by atoms with E-state index in [-0.39, 0.29) is 54.3 Å². The minimum atomic E-state index is -0.751. The number of nitrogens with two attached hydrogens (primary N) is 2. The first-order valence-corrected chi connectivity index (χ1v) is 11.9. The third-order valence-electron chi connectivity index (χ3n) is 6.40. The molecule has 4 aromatic rings. The average Bonchev–Trinajstić information content (AvgIpc) is 3.18. The zero-order valence-electron chi connectivity index (χ0n) is 18.4. The van der Waals surface area contributed by atoms with Crippen LogP contribution in [0.2, 0.25) is 5.02 Å². The van der Waals surface area contributed by atoms with Crippen LogP contribution in [0.1, 0.15) is 40.0 Å². The smallest absolute Gasteiger partial charge is 0.254 e. The van der Waals surface area contributed by atoms with Crippen LogP contribution >= 0.6 is 22.9 Å². The largest absolute Gasteiger partial charge is 0.389 e. The first-order chi connectivity index (χ1) is 16.7. The van der Waals surface area contributed by atoms with Gasteiger partial charge in [0.2, 0.25) is 0 Å². The van der Waals surface area contributed by atoms with Crippen molar-refractivity contribution in [2.75, 3.05) is 18.0 Å². The van der Waals surface area contributed by atoms with E-state index >= 15 is 4.39 Å². The van der Waals surface area contributed by atoms with Crippen molar-refractivity contribution in [3.8, 4) is 17.2 Å². The molecule has 10 heteroatoms. The molecule has 0 aliphatic carbocycles. The average molecular weight is 510 g/mol. The Bertz CT molecular complexity index is 1580. The van der Waals surface area contributed by atoms with Crippen molar-refractivity contribution in [2.45, 2.75) is 19.4 Å². The molecule has 176 valence electrons. The van der Waals surface area contributed by atoms with E-state index in [0.29, 0.717) is 29.9 Å². The van der Waals surface area contributed by atoms with E-state index in [1.165, 1.54) is 12.1 Å². The lowest BCUT2D eigenvalue weighted by Crippen LogP contribution is -2.40. The number of carbonyl (C=O) groups excluding carboxylic acids is 1. The van der Waals surface area contributed by atoms with Gasteiger partial charge in [-0.1, -0.05) is 23.7 Å². The molecule has 2 aromatic carbocycles. The van der Waals surface area contributed by atoms with Crippen molar-refractivity contribution in [3.63, 3.8) is 0 Å². The molecule has 0 saturated heterocycles. The number of benzene rings is 2. The van der Waals surface area contributed by atoms with Crippen LogP contribution in [0.5, 0.6) is 0 Å². The highest BCUT2D eigenvalue weighted by atomic mass is 35.5. The van der Waals surface area contributed by atoms with Crippen LogP contribution < -0.4 is 11.5 Å². The molecule has 0 bridgehead atoms. The Morgan fingerprint density at radius 1 is 1.23 bits per heavy atom. The Labute approximate surface area is 208 Å². The Balaban J connectivity index is 1.64. The third-order valence-corrected chi connectivity index (χ3v) is 7.85. The summed E-state index contributed by atoms with van der Waals surface area (Å²) in [6.07, 6.45) is 1.94. The van der Waals surface area contributed by atoms with E-state index in [1.807, 2.05) is 13.0 Å². The lowest BCUT2D eigenvalue weighted by Gasteiger charge is -2.35. The number of nitrogens with zero attached hydrogens (tertiary/aromatic N) is 3. The summed E-state index contributed by atoms with van der Waals surface area (Å²) in [4.78, 5) is 19.1. The minimum absolute atomic E-state index is 0.00974. The van der Waals surface area contributed by atoms with Crippen molar-refractivity contribution >= 4 is 49.7 Å². The van der Waals surface area contributed by atoms with Crippen molar-refractivity contribution in [1.82, 2.24) is 9.88 Å². The fraction of sp³-hybridized carbons (Fsp3) is 0.160. The molecular weight excluding hydrogens is 492 g/mol. The maximum absolute atomic E-state index is 15.6. The van der Waals surface area contributed by atoms with Gasteiger partial charge in [-0.25, -0.2) is 13.8 Å². The molecule has 5 rings (SSSR count). The highest BCUT2D eigenvalue weighted by Gasteiger charge is 2.33. The van der Waals surface area contributed by atoms with Gasteiger partial charge in [-0.3, -0.25) is 4.79 Å². The summed E-state index contributed by atoms with van der Waals surface area (Å²) < 4.78 is 30.2. The Kier molecular flexibility index (Phi) is 5.58. The molecule has 0 fully saturated rings. The van der Waals surface area contributed by atoms with Crippen molar-refractivity contribution in [3.05, 3.63) is 75.4 Å². The molecule has 1 atom stereocenters. The number of amides is 1. The number of rotatable bonds is 3. The third kappa shape index (κ3) is 3.49. The summed E-state index contributed by atoms with van der Waals surface area (Å²) in [5.41, 5.74) is 13.6. The first-order valence-electron chi connectivity index (χ1n) is 10.7. The summed E-state index contributed by atoms with van der Waals surface area (Å²) >= 11 is 7.62. The molecule has 35 heavy (non-hydrogen) atoms. The molecule has 0 unspecified atom stereocenters. The molecule has 2 aromatic heterocycles. The molecular formula is C25H18ClF2N5OS. The molecule has 3 heterocycles. The topological polar surface area (TPSA) is 109 Å². The highest BCUT2D eigenvalue weighted by Crippen LogP contribution is 2.45. The zero-order chi connectivity index (χ0) is 25.0. The van der Waals surface area contributed by atoms with Gasteiger partial charge in [-0.15, -0.1) is 11.3 Å². The van der Waals surface area contributed by atoms with Gasteiger partial charge in [0.05, 0.1) is 21.3 Å². The number of hydrogen-bond acceptors (Lipinski definition) is 6. The van der Waals surface area contributed by atoms with Crippen LogP contribution in [0.4, 0.5) is 19.6 Å². The Morgan fingerprint density at radius 3 is 2.71 bits per heavy atom. The lowest BCUT2D eigenvalue weighted by atomic mass is 9.90. The number of nitriles is 1. The number of anilines is 2. The molecule has 1 aliphatic rings. The number of fused-ring (bicyclic) bond motifs is 2. The standard InChI is InChI=1S/C25H18ClF2N5OS/c1-11(12-3-2-7-32-23(12)30)33-8-6-13-15(25(33)34)9-18(28)20(21(13)26)14-4-5-17(27)22-19(14)16(10-29)24(31)35-22/h2-5,7,9,11H,6,8,31H2,1H3,(H2,30,32)/t11-/m1/s1. The van der Waals surface area contributed by atoms with Crippen LogP contribution in [0.15, 0.2) is 36.5 Å². The molecule has 1 aliphatic heterocycles. The van der Waals surface area contributed by atoms with Gasteiger partial charge < -0.3 is 16.4 Å². The predicted molar refractivity (Wildman–Crippen MR) is 133 cm³/mol. The SMILES string of the molecule is C[C@H](c1cccnc1N)N1CCc2c(cc(F)c(-c3ccc(F)c4sc(N)c(C#N)c34)c2Cl)C1=O. The van der Waals surface area contributed by atoms with Gasteiger partial charge in [-0.05, 0) is 42.7 Å². The molecule has 4 N–H and O–H groups in total. The van der Waals surface area contributed by atoms with Crippen LogP contribution in [-0.4, -0.2) is 22.3 Å². The van der Waals surface area contributed by atoms with Crippen LogP contribution in [0.25, 0.3) is 21.2 Å². The number of thiophene rings is 1. The molecule has 6 nitrogen and oxygen atoms in total. The second kappa shape index (κ2) is 8.48. The Morgan fingerprint density at radius 2 is 2.00 bits per heavy atom. The lowest BCUT2D eigenvalue weighted by molar-refractivity contribution is 0.0672. The first kappa shape index (κ1) is 23.0. The second-order valence-corrected chi connectivity index (χ2v) is 9.66. The predicted octanol–water partition coefficient (Wildman–Crippen LogP) is 5.69. The number of aromatic nitrogens is 1. The summed E-state index contributed by atoms with van der Waals surface area (Å²) in [5.74, 6) is -1.37. The van der Waals surface area contributed by atoms with Crippen molar-refractivity contribution in [1.29, 1.82) is 5.26 Å². The van der Waals surface area contributed by atoms with Crippen LogP contribution in [0.3, 0.4) is 0 Å². The minimum Gasteiger partial charge on any atom is -0.389 e. The van der Waals surface area contributed by atoms with E-state index < -0.39 is 11.6 Å². The molecule has 0 spiro atoms. The van der Waals surface area contributed by atoms with E-state index in [1.54, 1.807) is 23.2 Å². The molecule has 0 saturated carbocycles. The van der Waals surface area contributed by atoms with E-state index in [9.17, 15) is 14.4 Å². The number of nitrogen functional groups attached to an aromatic ring is 2.